The average molecular weight is 318 g/mol. The zero-order valence-corrected chi connectivity index (χ0v) is 14.4. The van der Waals surface area contributed by atoms with Gasteiger partial charge in [-0.25, -0.2) is 4.79 Å². The smallest absolute Gasteiger partial charge is 0.337 e. The highest BCUT2D eigenvalue weighted by molar-refractivity contribution is 6.12. The summed E-state index contributed by atoms with van der Waals surface area (Å²) in [4.78, 5) is 11.8. The van der Waals surface area contributed by atoms with Crippen molar-refractivity contribution in [1.29, 1.82) is 0 Å². The Morgan fingerprint density at radius 1 is 1.04 bits per heavy atom. The van der Waals surface area contributed by atoms with E-state index in [9.17, 15) is 4.79 Å². The predicted molar refractivity (Wildman–Crippen MR) is 101 cm³/mol. The van der Waals surface area contributed by atoms with Gasteiger partial charge in [0.05, 0.1) is 12.7 Å². The highest BCUT2D eigenvalue weighted by Crippen LogP contribution is 2.30. The molecule has 0 amide bonds. The van der Waals surface area contributed by atoms with Crippen LogP contribution >= 0.6 is 0 Å². The summed E-state index contributed by atoms with van der Waals surface area (Å²) in [6.07, 6.45) is 5.50. The van der Waals surface area contributed by atoms with Gasteiger partial charge in [-0.15, -0.1) is 0 Å². The molecule has 0 fully saturated rings. The molecule has 0 spiro atoms. The summed E-state index contributed by atoms with van der Waals surface area (Å²) in [7, 11) is 1.41. The van der Waals surface area contributed by atoms with Crippen LogP contribution in [-0.4, -0.2) is 13.1 Å². The van der Waals surface area contributed by atoms with E-state index in [1.807, 2.05) is 24.3 Å². The number of esters is 1. The molecule has 0 saturated heterocycles. The first kappa shape index (κ1) is 16.3. The summed E-state index contributed by atoms with van der Waals surface area (Å²) in [5.41, 5.74) is 1.79. The maximum Gasteiger partial charge on any atom is 0.337 e. The first-order valence-electron chi connectivity index (χ1n) is 8.30. The maximum atomic E-state index is 11.8. The van der Waals surface area contributed by atoms with Crippen LogP contribution in [0.4, 0.5) is 0 Å². The number of rotatable bonds is 4. The lowest BCUT2D eigenvalue weighted by molar-refractivity contribution is 0.0601. The molecule has 0 heterocycles. The van der Waals surface area contributed by atoms with E-state index in [-0.39, 0.29) is 5.97 Å². The molecular formula is C22H22O2. The molecule has 3 aromatic carbocycles. The normalized spacial score (nSPS) is 11.7. The summed E-state index contributed by atoms with van der Waals surface area (Å²) < 4.78 is 4.85. The summed E-state index contributed by atoms with van der Waals surface area (Å²) in [6.45, 7) is 4.44. The van der Waals surface area contributed by atoms with Gasteiger partial charge in [0.25, 0.3) is 0 Å². The third-order valence-corrected chi connectivity index (χ3v) is 4.22. The van der Waals surface area contributed by atoms with Gasteiger partial charge in [0.15, 0.2) is 0 Å². The topological polar surface area (TPSA) is 26.3 Å². The quantitative estimate of drug-likeness (QED) is 0.446. The van der Waals surface area contributed by atoms with Crippen molar-refractivity contribution in [1.82, 2.24) is 0 Å². The minimum atomic E-state index is -0.304. The number of fused-ring (bicyclic) bond motifs is 3. The third-order valence-electron chi connectivity index (χ3n) is 4.22. The van der Waals surface area contributed by atoms with E-state index in [1.165, 1.54) is 18.1 Å². The van der Waals surface area contributed by atoms with Crippen LogP contribution in [0.25, 0.3) is 27.6 Å². The van der Waals surface area contributed by atoms with E-state index < -0.39 is 0 Å². The number of hydrogen-bond donors (Lipinski definition) is 0. The van der Waals surface area contributed by atoms with Gasteiger partial charge in [0, 0.05) is 0 Å². The van der Waals surface area contributed by atoms with Crippen molar-refractivity contribution >= 4 is 33.6 Å². The summed E-state index contributed by atoms with van der Waals surface area (Å²) >= 11 is 0. The van der Waals surface area contributed by atoms with Gasteiger partial charge in [-0.2, -0.15) is 0 Å². The maximum absolute atomic E-state index is 11.8. The lowest BCUT2D eigenvalue weighted by Gasteiger charge is -2.09. The Morgan fingerprint density at radius 3 is 2.50 bits per heavy atom. The molecule has 0 atom stereocenters. The van der Waals surface area contributed by atoms with E-state index in [0.717, 1.165) is 22.6 Å². The first-order chi connectivity index (χ1) is 11.6. The number of carbonyl (C=O) groups is 1. The van der Waals surface area contributed by atoms with E-state index in [4.69, 9.17) is 4.74 Å². The van der Waals surface area contributed by atoms with Crippen LogP contribution in [0.1, 0.15) is 36.2 Å². The lowest BCUT2D eigenvalue weighted by atomic mass is 9.95. The molecule has 0 radical (unpaired) electrons. The van der Waals surface area contributed by atoms with Crippen molar-refractivity contribution in [2.45, 2.75) is 20.3 Å². The van der Waals surface area contributed by atoms with Crippen molar-refractivity contribution in [3.8, 4) is 0 Å². The Hall–Kier alpha value is -2.61. The van der Waals surface area contributed by atoms with E-state index in [2.05, 4.69) is 50.3 Å². The zero-order valence-electron chi connectivity index (χ0n) is 14.4. The molecule has 0 aromatic heterocycles. The lowest BCUT2D eigenvalue weighted by Crippen LogP contribution is -2.00. The van der Waals surface area contributed by atoms with E-state index in [0.29, 0.717) is 11.5 Å². The molecule has 0 aliphatic carbocycles. The molecule has 0 unspecified atom stereocenters. The molecule has 122 valence electrons. The number of ether oxygens (including phenoxy) is 1. The number of benzene rings is 3. The minimum Gasteiger partial charge on any atom is -0.465 e. The molecule has 2 heteroatoms. The molecule has 0 N–H and O–H groups in total. The van der Waals surface area contributed by atoms with Gasteiger partial charge in [-0.3, -0.25) is 0 Å². The minimum absolute atomic E-state index is 0.304. The van der Waals surface area contributed by atoms with Crippen molar-refractivity contribution < 1.29 is 9.53 Å². The SMILES string of the molecule is COC(=O)c1ccc2cc(C=CCC(C)C)c3ccccc3c2c1. The van der Waals surface area contributed by atoms with Crippen LogP contribution in [0.15, 0.2) is 54.6 Å². The third kappa shape index (κ3) is 3.18. The van der Waals surface area contributed by atoms with E-state index >= 15 is 0 Å². The van der Waals surface area contributed by atoms with Crippen molar-refractivity contribution in [3.05, 3.63) is 65.7 Å². The van der Waals surface area contributed by atoms with Crippen LogP contribution in [0.5, 0.6) is 0 Å². The second kappa shape index (κ2) is 6.88. The summed E-state index contributed by atoms with van der Waals surface area (Å²) in [6, 6.07) is 16.3. The monoisotopic (exact) mass is 318 g/mol. The Balaban J connectivity index is 2.20. The zero-order chi connectivity index (χ0) is 17.1. The summed E-state index contributed by atoms with van der Waals surface area (Å²) in [5.74, 6) is 0.345. The fourth-order valence-electron chi connectivity index (χ4n) is 2.98. The van der Waals surface area contributed by atoms with Gasteiger partial charge in [-0.05, 0) is 57.6 Å². The molecule has 2 nitrogen and oxygen atoms in total. The van der Waals surface area contributed by atoms with Crippen LogP contribution in [0, 0.1) is 5.92 Å². The average Bonchev–Trinajstić information content (AvgIpc) is 2.60. The molecular weight excluding hydrogens is 296 g/mol. The molecule has 24 heavy (non-hydrogen) atoms. The second-order valence-electron chi connectivity index (χ2n) is 6.47. The summed E-state index contributed by atoms with van der Waals surface area (Å²) in [5, 5.41) is 4.57. The Morgan fingerprint density at radius 2 is 1.79 bits per heavy atom. The molecule has 0 aliphatic heterocycles. The van der Waals surface area contributed by atoms with Gasteiger partial charge < -0.3 is 4.74 Å². The van der Waals surface area contributed by atoms with Crippen molar-refractivity contribution in [3.63, 3.8) is 0 Å². The number of allylic oxidation sites excluding steroid dienone is 1. The van der Waals surface area contributed by atoms with Gasteiger partial charge in [0.1, 0.15) is 0 Å². The van der Waals surface area contributed by atoms with Crippen LogP contribution in [0.2, 0.25) is 0 Å². The van der Waals surface area contributed by atoms with Crippen LogP contribution in [-0.2, 0) is 4.74 Å². The molecule has 0 saturated carbocycles. The highest BCUT2D eigenvalue weighted by atomic mass is 16.5. The predicted octanol–water partition coefficient (Wildman–Crippen LogP) is 5.84. The molecule has 3 aromatic rings. The second-order valence-corrected chi connectivity index (χ2v) is 6.47. The van der Waals surface area contributed by atoms with Gasteiger partial charge in [-0.1, -0.05) is 56.3 Å². The molecule has 3 rings (SSSR count). The largest absolute Gasteiger partial charge is 0.465 e. The molecule has 0 aliphatic rings. The van der Waals surface area contributed by atoms with Crippen molar-refractivity contribution in [2.75, 3.05) is 7.11 Å². The van der Waals surface area contributed by atoms with Crippen molar-refractivity contribution in [2.24, 2.45) is 5.92 Å². The van der Waals surface area contributed by atoms with Crippen LogP contribution < -0.4 is 0 Å². The number of hydrogen-bond acceptors (Lipinski definition) is 2. The van der Waals surface area contributed by atoms with E-state index in [1.54, 1.807) is 0 Å². The number of methoxy groups -OCH3 is 1. The number of carbonyl (C=O) groups excluding carboxylic acids is 1. The molecule has 0 bridgehead atoms. The Kier molecular flexibility index (Phi) is 4.66. The Labute approximate surface area is 142 Å². The highest BCUT2D eigenvalue weighted by Gasteiger charge is 2.09. The van der Waals surface area contributed by atoms with Crippen LogP contribution in [0.3, 0.4) is 0 Å². The van der Waals surface area contributed by atoms with Gasteiger partial charge in [0.2, 0.25) is 0 Å². The standard InChI is InChI=1S/C22H22O2/c1-15(2)7-6-8-16-13-17-11-12-18(22(23)24-3)14-21(17)20-10-5-4-9-19(16)20/h4-6,8-15H,7H2,1-3H3. The fraction of sp³-hybridized carbons (Fsp3) is 0.227. The first-order valence-corrected chi connectivity index (χ1v) is 8.30. The fourth-order valence-corrected chi connectivity index (χ4v) is 2.98. The van der Waals surface area contributed by atoms with Gasteiger partial charge >= 0.3 is 5.97 Å². The Bertz CT molecular complexity index is 920.